The minimum absolute atomic E-state index is 0.0807. The van der Waals surface area contributed by atoms with Crippen LogP contribution in [0.25, 0.3) is 0 Å². The largest absolute Gasteiger partial charge is 0.342 e. The van der Waals surface area contributed by atoms with Crippen LogP contribution in [0.15, 0.2) is 0 Å². The van der Waals surface area contributed by atoms with Crippen molar-refractivity contribution in [2.24, 2.45) is 23.5 Å². The molecule has 1 amide bonds. The van der Waals surface area contributed by atoms with E-state index in [4.69, 9.17) is 5.73 Å². The van der Waals surface area contributed by atoms with Gasteiger partial charge in [0.25, 0.3) is 0 Å². The fourth-order valence-electron chi connectivity index (χ4n) is 3.32. The second-order valence-electron chi connectivity index (χ2n) is 6.11. The minimum Gasteiger partial charge on any atom is -0.342 e. The number of carbonyl (C=O) groups excluding carboxylic acids is 1. The van der Waals surface area contributed by atoms with E-state index in [0.717, 1.165) is 44.7 Å². The Hall–Kier alpha value is -0.570. The van der Waals surface area contributed by atoms with Crippen LogP contribution >= 0.6 is 0 Å². The summed E-state index contributed by atoms with van der Waals surface area (Å²) in [6, 6.07) is 0.0885. The van der Waals surface area contributed by atoms with E-state index in [1.54, 1.807) is 0 Å². The monoisotopic (exact) mass is 238 g/mol. The number of carbonyl (C=O) groups is 1. The van der Waals surface area contributed by atoms with Crippen LogP contribution in [0.4, 0.5) is 0 Å². The molecule has 3 unspecified atom stereocenters. The molecule has 1 heterocycles. The van der Waals surface area contributed by atoms with E-state index >= 15 is 0 Å². The van der Waals surface area contributed by atoms with Crippen molar-refractivity contribution in [3.05, 3.63) is 0 Å². The van der Waals surface area contributed by atoms with Gasteiger partial charge in [-0.3, -0.25) is 4.79 Å². The van der Waals surface area contributed by atoms with E-state index in [9.17, 15) is 4.79 Å². The van der Waals surface area contributed by atoms with Crippen molar-refractivity contribution in [1.29, 1.82) is 0 Å². The topological polar surface area (TPSA) is 46.3 Å². The molecule has 2 fully saturated rings. The Bertz CT molecular complexity index is 261. The standard InChI is InChI=1S/C14H26N2O/c1-10-6-8-16(9-7-10)14(17)13-11(2)4-3-5-12(13)15/h10-13H,3-9,15H2,1-2H3. The molecule has 3 atom stereocenters. The molecule has 17 heavy (non-hydrogen) atoms. The molecule has 0 spiro atoms. The summed E-state index contributed by atoms with van der Waals surface area (Å²) < 4.78 is 0. The van der Waals surface area contributed by atoms with E-state index in [2.05, 4.69) is 18.7 Å². The predicted octanol–water partition coefficient (Wildman–Crippen LogP) is 2.01. The second kappa shape index (κ2) is 5.38. The molecular weight excluding hydrogens is 212 g/mol. The Balaban J connectivity index is 1.98. The summed E-state index contributed by atoms with van der Waals surface area (Å²) >= 11 is 0. The lowest BCUT2D eigenvalue weighted by Crippen LogP contribution is -2.50. The molecular formula is C14H26N2O. The van der Waals surface area contributed by atoms with Gasteiger partial charge in [0.2, 0.25) is 5.91 Å². The van der Waals surface area contributed by atoms with Gasteiger partial charge in [0.1, 0.15) is 0 Å². The fraction of sp³-hybridized carbons (Fsp3) is 0.929. The first-order chi connectivity index (χ1) is 8.09. The van der Waals surface area contributed by atoms with E-state index in [1.807, 2.05) is 0 Å². The van der Waals surface area contributed by atoms with E-state index in [0.29, 0.717) is 11.8 Å². The maximum atomic E-state index is 12.5. The zero-order valence-electron chi connectivity index (χ0n) is 11.2. The van der Waals surface area contributed by atoms with Gasteiger partial charge in [-0.2, -0.15) is 0 Å². The lowest BCUT2D eigenvalue weighted by Gasteiger charge is -2.39. The molecule has 0 aromatic carbocycles. The number of amides is 1. The first-order valence-electron chi connectivity index (χ1n) is 7.14. The maximum Gasteiger partial charge on any atom is 0.227 e. The molecule has 1 saturated carbocycles. The van der Waals surface area contributed by atoms with Crippen LogP contribution in [0, 0.1) is 17.8 Å². The third-order valence-electron chi connectivity index (χ3n) is 4.65. The van der Waals surface area contributed by atoms with E-state index in [-0.39, 0.29) is 12.0 Å². The summed E-state index contributed by atoms with van der Waals surface area (Å²) in [5, 5.41) is 0. The van der Waals surface area contributed by atoms with Crippen molar-refractivity contribution in [3.63, 3.8) is 0 Å². The predicted molar refractivity (Wildman–Crippen MR) is 69.5 cm³/mol. The number of hydrogen-bond acceptors (Lipinski definition) is 2. The lowest BCUT2D eigenvalue weighted by atomic mass is 9.76. The van der Waals surface area contributed by atoms with Gasteiger partial charge in [0.05, 0.1) is 5.92 Å². The average molecular weight is 238 g/mol. The molecule has 3 heteroatoms. The molecule has 3 nitrogen and oxygen atoms in total. The van der Waals surface area contributed by atoms with Crippen LogP contribution in [0.2, 0.25) is 0 Å². The highest BCUT2D eigenvalue weighted by Gasteiger charge is 2.37. The Morgan fingerprint density at radius 3 is 2.35 bits per heavy atom. The molecule has 0 aromatic rings. The van der Waals surface area contributed by atoms with Gasteiger partial charge in [-0.1, -0.05) is 20.3 Å². The number of nitrogens with zero attached hydrogens (tertiary/aromatic N) is 1. The highest BCUT2D eigenvalue weighted by atomic mass is 16.2. The Labute approximate surface area is 105 Å². The molecule has 2 rings (SSSR count). The molecule has 1 saturated heterocycles. The zero-order valence-corrected chi connectivity index (χ0v) is 11.2. The molecule has 0 aromatic heterocycles. The van der Waals surface area contributed by atoms with Crippen molar-refractivity contribution < 1.29 is 4.79 Å². The molecule has 1 aliphatic carbocycles. The van der Waals surface area contributed by atoms with E-state index < -0.39 is 0 Å². The Kier molecular flexibility index (Phi) is 4.08. The highest BCUT2D eigenvalue weighted by Crippen LogP contribution is 2.31. The number of nitrogens with two attached hydrogens (primary N) is 1. The fourth-order valence-corrected chi connectivity index (χ4v) is 3.32. The minimum atomic E-state index is 0.0807. The van der Waals surface area contributed by atoms with Gasteiger partial charge in [0.15, 0.2) is 0 Å². The first-order valence-corrected chi connectivity index (χ1v) is 7.14. The third-order valence-corrected chi connectivity index (χ3v) is 4.65. The number of piperidine rings is 1. The van der Waals surface area contributed by atoms with E-state index in [1.165, 1.54) is 6.42 Å². The van der Waals surface area contributed by atoms with Gasteiger partial charge in [-0.15, -0.1) is 0 Å². The summed E-state index contributed by atoms with van der Waals surface area (Å²) in [5.74, 6) is 1.65. The molecule has 0 radical (unpaired) electrons. The summed E-state index contributed by atoms with van der Waals surface area (Å²) in [4.78, 5) is 14.6. The van der Waals surface area contributed by atoms with Crippen LogP contribution < -0.4 is 5.73 Å². The smallest absolute Gasteiger partial charge is 0.227 e. The van der Waals surface area contributed by atoms with Crippen molar-refractivity contribution in [2.45, 2.75) is 52.0 Å². The SMILES string of the molecule is CC1CCN(C(=O)C2C(C)CCCC2N)CC1. The zero-order chi connectivity index (χ0) is 12.4. The van der Waals surface area contributed by atoms with Crippen molar-refractivity contribution in [2.75, 3.05) is 13.1 Å². The average Bonchev–Trinajstić information content (AvgIpc) is 2.29. The van der Waals surface area contributed by atoms with Crippen LogP contribution in [-0.4, -0.2) is 29.9 Å². The molecule has 2 aliphatic rings. The molecule has 0 bridgehead atoms. The van der Waals surface area contributed by atoms with Crippen molar-refractivity contribution in [3.8, 4) is 0 Å². The second-order valence-corrected chi connectivity index (χ2v) is 6.11. The summed E-state index contributed by atoms with van der Waals surface area (Å²) in [5.41, 5.74) is 6.16. The number of hydrogen-bond donors (Lipinski definition) is 1. The molecule has 1 aliphatic heterocycles. The van der Waals surface area contributed by atoms with Gasteiger partial charge in [0, 0.05) is 19.1 Å². The first kappa shape index (κ1) is 12.9. The normalized spacial score (nSPS) is 35.9. The Morgan fingerprint density at radius 2 is 1.76 bits per heavy atom. The molecule has 98 valence electrons. The quantitative estimate of drug-likeness (QED) is 0.759. The summed E-state index contributed by atoms with van der Waals surface area (Å²) in [7, 11) is 0. The third kappa shape index (κ3) is 2.82. The highest BCUT2D eigenvalue weighted by molar-refractivity contribution is 5.80. The van der Waals surface area contributed by atoms with Crippen LogP contribution in [-0.2, 0) is 4.79 Å². The van der Waals surface area contributed by atoms with Crippen molar-refractivity contribution in [1.82, 2.24) is 4.90 Å². The molecule has 2 N–H and O–H groups in total. The van der Waals surface area contributed by atoms with Crippen LogP contribution in [0.5, 0.6) is 0 Å². The van der Waals surface area contributed by atoms with Gasteiger partial charge in [-0.25, -0.2) is 0 Å². The van der Waals surface area contributed by atoms with Gasteiger partial charge >= 0.3 is 0 Å². The Morgan fingerprint density at radius 1 is 1.12 bits per heavy atom. The summed E-state index contributed by atoms with van der Waals surface area (Å²) in [6.45, 7) is 6.34. The van der Waals surface area contributed by atoms with Gasteiger partial charge < -0.3 is 10.6 Å². The maximum absolute atomic E-state index is 12.5. The summed E-state index contributed by atoms with van der Waals surface area (Å²) in [6.07, 6.45) is 5.67. The number of likely N-dealkylation sites (tertiary alicyclic amines) is 1. The number of rotatable bonds is 1. The van der Waals surface area contributed by atoms with Crippen LogP contribution in [0.3, 0.4) is 0 Å². The van der Waals surface area contributed by atoms with Crippen LogP contribution in [0.1, 0.15) is 46.0 Å². The lowest BCUT2D eigenvalue weighted by molar-refractivity contribution is -0.140. The van der Waals surface area contributed by atoms with Crippen molar-refractivity contribution >= 4 is 5.91 Å². The van der Waals surface area contributed by atoms with Gasteiger partial charge in [-0.05, 0) is 37.5 Å².